The molecule has 4 rings (SSSR count). The summed E-state index contributed by atoms with van der Waals surface area (Å²) in [4.78, 5) is 29.6. The zero-order chi connectivity index (χ0) is 23.3. The number of nitrogens with zero attached hydrogens (tertiary/aromatic N) is 3. The number of rotatable bonds is 6. The summed E-state index contributed by atoms with van der Waals surface area (Å²) in [6, 6.07) is 10.4. The molecule has 2 saturated heterocycles. The summed E-state index contributed by atoms with van der Waals surface area (Å²) < 4.78 is 27.7. The number of anilines is 1. The van der Waals surface area contributed by atoms with E-state index in [1.54, 1.807) is 38.4 Å². The maximum Gasteiger partial charge on any atom is 0.264 e. The second-order valence-electron chi connectivity index (χ2n) is 8.35. The van der Waals surface area contributed by atoms with Crippen molar-refractivity contribution in [3.05, 3.63) is 46.7 Å². The number of piperazine rings is 1. The summed E-state index contributed by atoms with van der Waals surface area (Å²) in [6.07, 6.45) is 3.90. The molecule has 0 unspecified atom stereocenters. The number of amides is 2. The molecule has 2 aliphatic heterocycles. The van der Waals surface area contributed by atoms with Crippen molar-refractivity contribution >= 4 is 38.9 Å². The largest absolute Gasteiger partial charge is 0.376 e. The predicted molar refractivity (Wildman–Crippen MR) is 129 cm³/mol. The van der Waals surface area contributed by atoms with Gasteiger partial charge in [-0.1, -0.05) is 25.0 Å². The van der Waals surface area contributed by atoms with Gasteiger partial charge in [-0.05, 0) is 42.5 Å². The molecule has 0 atom stereocenters. The molecule has 1 N–H and O–H groups in total. The molecular weight excluding hydrogens is 460 g/mol. The molecule has 0 bridgehead atoms. The summed E-state index contributed by atoms with van der Waals surface area (Å²) in [7, 11) is -3.54. The average Bonchev–Trinajstić information content (AvgIpc) is 3.24. The normalized spacial score (nSPS) is 18.1. The van der Waals surface area contributed by atoms with E-state index in [2.05, 4.69) is 5.32 Å². The highest BCUT2D eigenvalue weighted by atomic mass is 32.2. The van der Waals surface area contributed by atoms with E-state index in [0.717, 1.165) is 25.7 Å². The molecule has 2 fully saturated rings. The van der Waals surface area contributed by atoms with Crippen molar-refractivity contribution in [1.29, 1.82) is 0 Å². The molecule has 2 aliphatic rings. The number of hydrogen-bond donors (Lipinski definition) is 1. The highest BCUT2D eigenvalue weighted by Crippen LogP contribution is 2.23. The number of sulfonamides is 1. The van der Waals surface area contributed by atoms with Crippen LogP contribution in [0.2, 0.25) is 0 Å². The minimum atomic E-state index is -3.54. The van der Waals surface area contributed by atoms with Gasteiger partial charge in [0.05, 0.1) is 16.3 Å². The van der Waals surface area contributed by atoms with E-state index in [0.29, 0.717) is 49.8 Å². The summed E-state index contributed by atoms with van der Waals surface area (Å²) in [6.45, 7) is 3.17. The van der Waals surface area contributed by atoms with E-state index in [4.69, 9.17) is 0 Å². The first-order chi connectivity index (χ1) is 15.9. The Morgan fingerprint density at radius 3 is 2.24 bits per heavy atom. The van der Waals surface area contributed by atoms with Gasteiger partial charge in [-0.25, -0.2) is 8.42 Å². The molecule has 10 heteroatoms. The molecule has 3 heterocycles. The predicted octanol–water partition coefficient (Wildman–Crippen LogP) is 2.71. The third kappa shape index (κ3) is 5.74. The number of thiophene rings is 1. The van der Waals surface area contributed by atoms with Crippen LogP contribution in [0.5, 0.6) is 0 Å². The second-order valence-corrected chi connectivity index (χ2v) is 11.2. The van der Waals surface area contributed by atoms with Gasteiger partial charge in [0.2, 0.25) is 15.9 Å². The molecule has 1 aromatic heterocycles. The van der Waals surface area contributed by atoms with Crippen LogP contribution in [0.3, 0.4) is 0 Å². The van der Waals surface area contributed by atoms with Crippen LogP contribution in [0, 0.1) is 0 Å². The molecular formula is C23H30N4O4S2. The van der Waals surface area contributed by atoms with E-state index in [1.807, 2.05) is 17.5 Å². The quantitative estimate of drug-likeness (QED) is 0.673. The molecule has 0 aliphatic carbocycles. The Morgan fingerprint density at radius 2 is 1.58 bits per heavy atom. The third-order valence-electron chi connectivity index (χ3n) is 6.13. The number of hydrogen-bond acceptors (Lipinski definition) is 6. The third-order valence-corrected chi connectivity index (χ3v) is 8.88. The fourth-order valence-electron chi connectivity index (χ4n) is 4.20. The first kappa shape index (κ1) is 23.7. The van der Waals surface area contributed by atoms with Gasteiger partial charge in [-0.3, -0.25) is 9.59 Å². The summed E-state index contributed by atoms with van der Waals surface area (Å²) in [5, 5.41) is 4.95. The van der Waals surface area contributed by atoms with Crippen molar-refractivity contribution in [2.24, 2.45) is 0 Å². The fraction of sp³-hybridized carbons (Fsp3) is 0.478. The summed E-state index contributed by atoms with van der Waals surface area (Å²) in [5.41, 5.74) is 0.603. The summed E-state index contributed by atoms with van der Waals surface area (Å²) in [5.74, 6) is -0.0587. The minimum absolute atomic E-state index is 0.0117. The fourth-order valence-corrected chi connectivity index (χ4v) is 6.46. The highest BCUT2D eigenvalue weighted by molar-refractivity contribution is 7.89. The highest BCUT2D eigenvalue weighted by Gasteiger charge is 2.26. The lowest BCUT2D eigenvalue weighted by atomic mass is 10.2. The van der Waals surface area contributed by atoms with E-state index in [-0.39, 0.29) is 23.3 Å². The molecule has 2 aromatic rings. The molecule has 8 nitrogen and oxygen atoms in total. The van der Waals surface area contributed by atoms with Crippen LogP contribution >= 0.6 is 11.3 Å². The van der Waals surface area contributed by atoms with E-state index >= 15 is 0 Å². The molecule has 178 valence electrons. The lowest BCUT2D eigenvalue weighted by molar-refractivity contribution is -0.130. The van der Waals surface area contributed by atoms with Crippen LogP contribution in [-0.2, 0) is 14.8 Å². The van der Waals surface area contributed by atoms with Gasteiger partial charge in [-0.15, -0.1) is 11.3 Å². The van der Waals surface area contributed by atoms with Crippen molar-refractivity contribution in [3.63, 3.8) is 0 Å². The Labute approximate surface area is 199 Å². The van der Waals surface area contributed by atoms with Crippen molar-refractivity contribution in [2.75, 3.05) is 51.1 Å². The molecule has 2 amide bonds. The number of carbonyl (C=O) groups excluding carboxylic acids is 2. The van der Waals surface area contributed by atoms with Gasteiger partial charge in [0.15, 0.2) is 0 Å². The SMILES string of the molecule is O=C(CNc1cccc(S(=O)(=O)N2CCCCCC2)c1)N1CCN(C(=O)c2cccs2)CC1. The van der Waals surface area contributed by atoms with Gasteiger partial charge in [-0.2, -0.15) is 4.31 Å². The van der Waals surface area contributed by atoms with Crippen molar-refractivity contribution in [3.8, 4) is 0 Å². The average molecular weight is 491 g/mol. The topological polar surface area (TPSA) is 90.0 Å². The Balaban J connectivity index is 1.30. The van der Waals surface area contributed by atoms with E-state index in [1.165, 1.54) is 11.3 Å². The smallest absolute Gasteiger partial charge is 0.264 e. The molecule has 0 radical (unpaired) electrons. The van der Waals surface area contributed by atoms with Gasteiger partial charge < -0.3 is 15.1 Å². The van der Waals surface area contributed by atoms with Crippen molar-refractivity contribution in [2.45, 2.75) is 30.6 Å². The summed E-state index contributed by atoms with van der Waals surface area (Å²) >= 11 is 1.42. The van der Waals surface area contributed by atoms with Crippen LogP contribution < -0.4 is 5.32 Å². The Morgan fingerprint density at radius 1 is 0.879 bits per heavy atom. The number of benzene rings is 1. The maximum absolute atomic E-state index is 13.0. The second kappa shape index (κ2) is 10.7. The van der Waals surface area contributed by atoms with Crippen LogP contribution in [0.25, 0.3) is 0 Å². The van der Waals surface area contributed by atoms with Crippen molar-refractivity contribution < 1.29 is 18.0 Å². The zero-order valence-electron chi connectivity index (χ0n) is 18.6. The lowest BCUT2D eigenvalue weighted by Crippen LogP contribution is -2.51. The standard InChI is InChI=1S/C23H30N4O4S2/c28-22(25-12-14-26(15-13-25)23(29)21-9-6-16-32-21)18-24-19-7-5-8-20(17-19)33(30,31)27-10-3-1-2-4-11-27/h5-9,16-17,24H,1-4,10-15,18H2. The van der Waals surface area contributed by atoms with Crippen LogP contribution in [0.4, 0.5) is 5.69 Å². The van der Waals surface area contributed by atoms with Gasteiger partial charge in [0.25, 0.3) is 5.91 Å². The van der Waals surface area contributed by atoms with Gasteiger partial charge in [0, 0.05) is 45.0 Å². The number of nitrogens with one attached hydrogen (secondary N) is 1. The van der Waals surface area contributed by atoms with E-state index in [9.17, 15) is 18.0 Å². The first-order valence-electron chi connectivity index (χ1n) is 11.4. The Kier molecular flexibility index (Phi) is 7.67. The van der Waals surface area contributed by atoms with Crippen LogP contribution in [0.1, 0.15) is 35.4 Å². The van der Waals surface area contributed by atoms with Crippen LogP contribution in [0.15, 0.2) is 46.7 Å². The lowest BCUT2D eigenvalue weighted by Gasteiger charge is -2.34. The molecule has 0 saturated carbocycles. The van der Waals surface area contributed by atoms with Crippen molar-refractivity contribution in [1.82, 2.24) is 14.1 Å². The maximum atomic E-state index is 13.0. The minimum Gasteiger partial charge on any atom is -0.376 e. The zero-order valence-corrected chi connectivity index (χ0v) is 20.2. The Hall–Kier alpha value is -2.43. The molecule has 33 heavy (non-hydrogen) atoms. The van der Waals surface area contributed by atoms with E-state index < -0.39 is 10.0 Å². The van der Waals surface area contributed by atoms with Gasteiger partial charge in [0.1, 0.15) is 0 Å². The Bertz CT molecular complexity index is 1060. The molecule has 1 aromatic carbocycles. The number of carbonyl (C=O) groups is 2. The van der Waals surface area contributed by atoms with Crippen LogP contribution in [-0.4, -0.2) is 80.2 Å². The molecule has 0 spiro atoms. The first-order valence-corrected chi connectivity index (χ1v) is 13.7. The van der Waals surface area contributed by atoms with Gasteiger partial charge >= 0.3 is 0 Å². The monoisotopic (exact) mass is 490 g/mol.